The van der Waals surface area contributed by atoms with E-state index in [0.717, 1.165) is 29.5 Å². The minimum absolute atomic E-state index is 0.0571. The van der Waals surface area contributed by atoms with E-state index in [1.807, 2.05) is 42.6 Å². The number of nitrogens with zero attached hydrogens (tertiary/aromatic N) is 2. The Hall–Kier alpha value is -3.25. The molecule has 0 radical (unpaired) electrons. The van der Waals surface area contributed by atoms with E-state index < -0.39 is 0 Å². The predicted molar refractivity (Wildman–Crippen MR) is 129 cm³/mol. The Morgan fingerprint density at radius 1 is 1.12 bits per heavy atom. The van der Waals surface area contributed by atoms with Crippen molar-refractivity contribution in [3.63, 3.8) is 0 Å². The fourth-order valence-corrected chi connectivity index (χ4v) is 5.37. The monoisotopic (exact) mass is 443 g/mol. The summed E-state index contributed by atoms with van der Waals surface area (Å²) in [5.74, 6) is -0.213. The van der Waals surface area contributed by atoms with Crippen molar-refractivity contribution in [3.05, 3.63) is 87.3 Å². The van der Waals surface area contributed by atoms with Crippen LogP contribution in [0.3, 0.4) is 0 Å². The maximum absolute atomic E-state index is 13.3. The molecule has 162 valence electrons. The molecule has 0 bridgehead atoms. The van der Waals surface area contributed by atoms with Gasteiger partial charge in [-0.15, -0.1) is 11.3 Å². The van der Waals surface area contributed by atoms with Gasteiger partial charge >= 0.3 is 0 Å². The van der Waals surface area contributed by atoms with Crippen LogP contribution in [0.1, 0.15) is 42.5 Å². The Kier molecular flexibility index (Phi) is 5.62. The molecule has 32 heavy (non-hydrogen) atoms. The van der Waals surface area contributed by atoms with E-state index in [-0.39, 0.29) is 24.1 Å². The number of fused-ring (bicyclic) bond motifs is 2. The van der Waals surface area contributed by atoms with Crippen LogP contribution in [0.25, 0.3) is 21.3 Å². The zero-order valence-corrected chi connectivity index (χ0v) is 18.8. The Balaban J connectivity index is 1.43. The third kappa shape index (κ3) is 3.98. The fourth-order valence-electron chi connectivity index (χ4n) is 4.46. The number of thiophene rings is 1. The first-order valence-corrected chi connectivity index (χ1v) is 11.9. The van der Waals surface area contributed by atoms with Crippen molar-refractivity contribution >= 4 is 27.5 Å². The maximum atomic E-state index is 13.3. The third-order valence-electron chi connectivity index (χ3n) is 6.21. The second-order valence-corrected chi connectivity index (χ2v) is 9.26. The molecule has 2 aromatic carbocycles. The van der Waals surface area contributed by atoms with Gasteiger partial charge in [0.1, 0.15) is 11.4 Å². The normalized spacial score (nSPS) is 14.2. The molecule has 0 saturated heterocycles. The highest BCUT2D eigenvalue weighted by Crippen LogP contribution is 2.33. The number of aryl methyl sites for hydroxylation is 2. The Morgan fingerprint density at radius 2 is 1.91 bits per heavy atom. The number of hydrogen-bond acceptors (Lipinski definition) is 4. The minimum atomic E-state index is -0.213. The van der Waals surface area contributed by atoms with Gasteiger partial charge in [-0.3, -0.25) is 14.2 Å². The zero-order chi connectivity index (χ0) is 22.1. The molecular formula is C26H25N3O2S. The first-order chi connectivity index (χ1) is 15.6. The van der Waals surface area contributed by atoms with Crippen molar-refractivity contribution in [2.24, 2.45) is 0 Å². The summed E-state index contributed by atoms with van der Waals surface area (Å²) in [5, 5.41) is 5.57. The van der Waals surface area contributed by atoms with Gasteiger partial charge in [-0.25, -0.2) is 4.98 Å². The zero-order valence-electron chi connectivity index (χ0n) is 18.0. The summed E-state index contributed by atoms with van der Waals surface area (Å²) in [4.78, 5) is 31.1. The molecule has 2 aromatic heterocycles. The van der Waals surface area contributed by atoms with E-state index >= 15 is 0 Å². The number of carbonyl (C=O) groups is 1. The first kappa shape index (κ1) is 20.6. The van der Waals surface area contributed by atoms with Crippen LogP contribution in [-0.2, 0) is 24.2 Å². The molecule has 4 aromatic rings. The molecule has 0 spiro atoms. The number of aromatic nitrogens is 2. The van der Waals surface area contributed by atoms with Gasteiger partial charge in [-0.05, 0) is 54.9 Å². The molecule has 1 amide bonds. The van der Waals surface area contributed by atoms with Gasteiger partial charge in [0.25, 0.3) is 5.56 Å². The van der Waals surface area contributed by atoms with Crippen molar-refractivity contribution < 1.29 is 4.79 Å². The Bertz CT molecular complexity index is 1340. The van der Waals surface area contributed by atoms with E-state index in [4.69, 9.17) is 0 Å². The number of carbonyl (C=O) groups excluding carboxylic acids is 1. The highest BCUT2D eigenvalue weighted by Gasteiger charge is 2.17. The summed E-state index contributed by atoms with van der Waals surface area (Å²) < 4.78 is 1.41. The molecule has 1 atom stereocenters. The van der Waals surface area contributed by atoms with Gasteiger partial charge in [-0.1, -0.05) is 48.5 Å². The Morgan fingerprint density at radius 3 is 2.72 bits per heavy atom. The lowest BCUT2D eigenvalue weighted by atomic mass is 9.89. The van der Waals surface area contributed by atoms with E-state index in [2.05, 4.69) is 28.5 Å². The summed E-state index contributed by atoms with van der Waals surface area (Å²) >= 11 is 1.47. The van der Waals surface area contributed by atoms with Gasteiger partial charge in [0.2, 0.25) is 5.91 Å². The maximum Gasteiger partial charge on any atom is 0.263 e. The summed E-state index contributed by atoms with van der Waals surface area (Å²) in [5.41, 5.74) is 5.60. The molecule has 0 aliphatic heterocycles. The molecular weight excluding hydrogens is 418 g/mol. The van der Waals surface area contributed by atoms with Gasteiger partial charge < -0.3 is 5.32 Å². The lowest BCUT2D eigenvalue weighted by molar-refractivity contribution is -0.122. The van der Waals surface area contributed by atoms with Crippen molar-refractivity contribution in [1.29, 1.82) is 0 Å². The van der Waals surface area contributed by atoms with Crippen LogP contribution in [-0.4, -0.2) is 15.5 Å². The quantitative estimate of drug-likeness (QED) is 0.478. The molecule has 0 fully saturated rings. The molecule has 1 aliphatic rings. The number of hydrogen-bond donors (Lipinski definition) is 1. The van der Waals surface area contributed by atoms with Gasteiger partial charge in [0.05, 0.1) is 17.8 Å². The molecule has 1 unspecified atom stereocenters. The summed E-state index contributed by atoms with van der Waals surface area (Å²) in [7, 11) is 0. The molecule has 1 N–H and O–H groups in total. The van der Waals surface area contributed by atoms with Gasteiger partial charge in [0.15, 0.2) is 0 Å². The lowest BCUT2D eigenvalue weighted by Gasteiger charge is -2.16. The van der Waals surface area contributed by atoms with Crippen LogP contribution in [0.4, 0.5) is 0 Å². The molecule has 5 nitrogen and oxygen atoms in total. The van der Waals surface area contributed by atoms with Gasteiger partial charge in [0, 0.05) is 10.9 Å². The molecule has 2 heterocycles. The summed E-state index contributed by atoms with van der Waals surface area (Å²) in [6, 6.07) is 16.2. The van der Waals surface area contributed by atoms with Crippen LogP contribution in [0.5, 0.6) is 0 Å². The molecule has 1 aliphatic carbocycles. The van der Waals surface area contributed by atoms with Gasteiger partial charge in [-0.2, -0.15) is 0 Å². The number of amides is 1. The average Bonchev–Trinajstić information content (AvgIpc) is 3.26. The Labute approximate surface area is 190 Å². The smallest absolute Gasteiger partial charge is 0.263 e. The van der Waals surface area contributed by atoms with E-state index in [1.165, 1.54) is 46.2 Å². The summed E-state index contributed by atoms with van der Waals surface area (Å²) in [6.45, 7) is 1.88. The minimum Gasteiger partial charge on any atom is -0.348 e. The predicted octanol–water partition coefficient (Wildman–Crippen LogP) is 4.88. The SMILES string of the molecule is CC(NC(=O)Cn1cnc2scc(-c3ccc4c(c3)CCCC4)c2c1=O)c1ccccc1. The number of rotatable bonds is 5. The second kappa shape index (κ2) is 8.71. The first-order valence-electron chi connectivity index (χ1n) is 11.0. The van der Waals surface area contributed by atoms with Crippen molar-refractivity contribution in [2.75, 3.05) is 0 Å². The van der Waals surface area contributed by atoms with Crippen LogP contribution < -0.4 is 10.9 Å². The molecule has 0 saturated carbocycles. The van der Waals surface area contributed by atoms with E-state index in [9.17, 15) is 9.59 Å². The van der Waals surface area contributed by atoms with Crippen molar-refractivity contribution in [2.45, 2.75) is 45.2 Å². The largest absolute Gasteiger partial charge is 0.348 e. The van der Waals surface area contributed by atoms with E-state index in [1.54, 1.807) is 0 Å². The molecule has 5 rings (SSSR count). The fraction of sp³-hybridized carbons (Fsp3) is 0.269. The van der Waals surface area contributed by atoms with Crippen LogP contribution >= 0.6 is 11.3 Å². The van der Waals surface area contributed by atoms with Crippen molar-refractivity contribution in [3.8, 4) is 11.1 Å². The second-order valence-electron chi connectivity index (χ2n) is 8.40. The van der Waals surface area contributed by atoms with Crippen LogP contribution in [0.2, 0.25) is 0 Å². The average molecular weight is 444 g/mol. The highest BCUT2D eigenvalue weighted by atomic mass is 32.1. The third-order valence-corrected chi connectivity index (χ3v) is 7.10. The van der Waals surface area contributed by atoms with Crippen LogP contribution in [0.15, 0.2) is 65.0 Å². The number of benzene rings is 2. The number of nitrogens with one attached hydrogen (secondary N) is 1. The van der Waals surface area contributed by atoms with E-state index in [0.29, 0.717) is 10.2 Å². The molecule has 6 heteroatoms. The topological polar surface area (TPSA) is 64.0 Å². The lowest BCUT2D eigenvalue weighted by Crippen LogP contribution is -2.33. The standard InChI is InChI=1S/C26H25N3O2S/c1-17(18-7-3-2-4-8-18)28-23(30)14-29-16-27-25-24(26(29)31)22(15-32-25)21-12-11-19-9-5-6-10-20(19)13-21/h2-4,7-8,11-13,15-17H,5-6,9-10,14H2,1H3,(H,28,30). The van der Waals surface area contributed by atoms with Crippen molar-refractivity contribution in [1.82, 2.24) is 14.9 Å². The highest BCUT2D eigenvalue weighted by molar-refractivity contribution is 7.17. The summed E-state index contributed by atoms with van der Waals surface area (Å²) in [6.07, 6.45) is 6.15. The van der Waals surface area contributed by atoms with Crippen LogP contribution in [0, 0.1) is 0 Å².